The predicted molar refractivity (Wildman–Crippen MR) is 79.4 cm³/mol. The molecule has 6 heteroatoms. The van der Waals surface area contributed by atoms with Crippen molar-refractivity contribution >= 4 is 5.91 Å². The van der Waals surface area contributed by atoms with Gasteiger partial charge in [0.05, 0.1) is 32.0 Å². The lowest BCUT2D eigenvalue weighted by atomic mass is 10.0. The Morgan fingerprint density at radius 2 is 1.95 bits per heavy atom. The quantitative estimate of drug-likeness (QED) is 0.766. The van der Waals surface area contributed by atoms with E-state index < -0.39 is 6.10 Å². The zero-order valence-electron chi connectivity index (χ0n) is 13.4. The second kappa shape index (κ2) is 7.73. The molecule has 3 heterocycles. The van der Waals surface area contributed by atoms with Crippen molar-refractivity contribution < 1.29 is 23.7 Å². The maximum absolute atomic E-state index is 12.7. The van der Waals surface area contributed by atoms with Crippen LogP contribution in [0.25, 0.3) is 0 Å². The molecule has 0 spiro atoms. The average Bonchev–Trinajstić information content (AvgIpc) is 3.25. The van der Waals surface area contributed by atoms with Gasteiger partial charge in [0.2, 0.25) is 0 Å². The molecule has 0 aromatic heterocycles. The van der Waals surface area contributed by atoms with Gasteiger partial charge < -0.3 is 23.8 Å². The number of carbonyl (C=O) groups excluding carboxylic acids is 1. The summed E-state index contributed by atoms with van der Waals surface area (Å²) in [6.45, 7) is 5.14. The number of carbonyl (C=O) groups is 1. The Labute approximate surface area is 132 Å². The van der Waals surface area contributed by atoms with E-state index in [9.17, 15) is 4.79 Å². The third-order valence-electron chi connectivity index (χ3n) is 4.70. The number of rotatable bonds is 5. The maximum atomic E-state index is 12.7. The summed E-state index contributed by atoms with van der Waals surface area (Å²) in [5.74, 6) is 0.0433. The minimum Gasteiger partial charge on any atom is -0.376 e. The molecule has 0 radical (unpaired) electrons. The van der Waals surface area contributed by atoms with E-state index in [0.29, 0.717) is 19.8 Å². The topological polar surface area (TPSA) is 57.2 Å². The molecule has 0 aliphatic carbocycles. The van der Waals surface area contributed by atoms with E-state index in [1.54, 1.807) is 0 Å². The van der Waals surface area contributed by atoms with Crippen LogP contribution in [0.5, 0.6) is 0 Å². The van der Waals surface area contributed by atoms with E-state index in [2.05, 4.69) is 0 Å². The molecule has 0 bridgehead atoms. The van der Waals surface area contributed by atoms with Crippen LogP contribution in [0, 0.1) is 0 Å². The van der Waals surface area contributed by atoms with Gasteiger partial charge in [-0.15, -0.1) is 0 Å². The number of hydrogen-bond acceptors (Lipinski definition) is 5. The molecule has 0 aromatic carbocycles. The first kappa shape index (κ1) is 16.2. The Morgan fingerprint density at radius 3 is 2.68 bits per heavy atom. The van der Waals surface area contributed by atoms with Gasteiger partial charge in [-0.3, -0.25) is 4.79 Å². The highest BCUT2D eigenvalue weighted by Crippen LogP contribution is 2.25. The van der Waals surface area contributed by atoms with Crippen LogP contribution in [0.2, 0.25) is 0 Å². The van der Waals surface area contributed by atoms with E-state index in [1.165, 1.54) is 0 Å². The number of ether oxygens (including phenoxy) is 4. The summed E-state index contributed by atoms with van der Waals surface area (Å²) in [6.07, 6.45) is 4.64. The minimum absolute atomic E-state index is 0.0255. The number of piperidine rings is 1. The van der Waals surface area contributed by atoms with Crippen LogP contribution in [-0.4, -0.2) is 68.3 Å². The van der Waals surface area contributed by atoms with Gasteiger partial charge in [-0.05, 0) is 39.0 Å². The normalized spacial score (nSPS) is 31.6. The molecule has 3 unspecified atom stereocenters. The Kier molecular flexibility index (Phi) is 5.68. The van der Waals surface area contributed by atoms with Gasteiger partial charge in [-0.25, -0.2) is 0 Å². The summed E-state index contributed by atoms with van der Waals surface area (Å²) in [6, 6.07) is 0.0255. The molecule has 0 saturated carbocycles. The molecule has 0 aromatic rings. The Balaban J connectivity index is 1.53. The molecule has 6 nitrogen and oxygen atoms in total. The van der Waals surface area contributed by atoms with Gasteiger partial charge >= 0.3 is 0 Å². The number of hydrogen-bond donors (Lipinski definition) is 0. The first-order valence-corrected chi connectivity index (χ1v) is 8.52. The van der Waals surface area contributed by atoms with E-state index in [-0.39, 0.29) is 24.3 Å². The van der Waals surface area contributed by atoms with Crippen molar-refractivity contribution in [1.29, 1.82) is 0 Å². The number of nitrogens with zero attached hydrogens (tertiary/aromatic N) is 1. The average molecular weight is 313 g/mol. The highest BCUT2D eigenvalue weighted by atomic mass is 16.7. The maximum Gasteiger partial charge on any atom is 0.251 e. The Bertz CT molecular complexity index is 366. The summed E-state index contributed by atoms with van der Waals surface area (Å²) >= 11 is 0. The molecule has 3 aliphatic rings. The van der Waals surface area contributed by atoms with E-state index in [1.807, 2.05) is 11.8 Å². The zero-order valence-corrected chi connectivity index (χ0v) is 13.4. The van der Waals surface area contributed by atoms with Crippen LogP contribution in [0.3, 0.4) is 0 Å². The smallest absolute Gasteiger partial charge is 0.251 e. The van der Waals surface area contributed by atoms with E-state index in [4.69, 9.17) is 18.9 Å². The summed E-state index contributed by atoms with van der Waals surface area (Å²) in [5.41, 5.74) is 0. The molecule has 0 N–H and O–H groups in total. The highest BCUT2D eigenvalue weighted by Gasteiger charge is 2.37. The lowest BCUT2D eigenvalue weighted by Gasteiger charge is -2.39. The molecule has 1 amide bonds. The van der Waals surface area contributed by atoms with Gasteiger partial charge in [0.25, 0.3) is 5.91 Å². The van der Waals surface area contributed by atoms with Crippen LogP contribution >= 0.6 is 0 Å². The lowest BCUT2D eigenvalue weighted by Crippen LogP contribution is -2.53. The summed E-state index contributed by atoms with van der Waals surface area (Å²) < 4.78 is 22.5. The molecule has 3 fully saturated rings. The van der Waals surface area contributed by atoms with Gasteiger partial charge in [0.15, 0.2) is 6.29 Å². The predicted octanol–water partition coefficient (Wildman–Crippen LogP) is 1.32. The standard InChI is InChI=1S/C16H27NO5/c1-12(22-11-13-5-4-8-19-13)15(18)17-7-3-2-6-14(17)16-20-9-10-21-16/h12-14,16H,2-11H2,1H3. The molecule has 126 valence electrons. The molecule has 3 atom stereocenters. The van der Waals surface area contributed by atoms with Crippen LogP contribution < -0.4 is 0 Å². The van der Waals surface area contributed by atoms with Crippen molar-refractivity contribution in [3.63, 3.8) is 0 Å². The number of amides is 1. The van der Waals surface area contributed by atoms with Crippen molar-refractivity contribution in [2.45, 2.75) is 63.6 Å². The number of likely N-dealkylation sites (tertiary alicyclic amines) is 1. The van der Waals surface area contributed by atoms with Crippen molar-refractivity contribution in [1.82, 2.24) is 4.90 Å². The fourth-order valence-electron chi connectivity index (χ4n) is 3.44. The second-order valence-electron chi connectivity index (χ2n) is 6.32. The van der Waals surface area contributed by atoms with E-state index in [0.717, 1.165) is 45.3 Å². The van der Waals surface area contributed by atoms with Crippen LogP contribution in [-0.2, 0) is 23.7 Å². The van der Waals surface area contributed by atoms with Crippen molar-refractivity contribution in [3.05, 3.63) is 0 Å². The molecule has 3 rings (SSSR count). The minimum atomic E-state index is -0.439. The molecular formula is C16H27NO5. The highest BCUT2D eigenvalue weighted by molar-refractivity contribution is 5.81. The molecule has 22 heavy (non-hydrogen) atoms. The van der Waals surface area contributed by atoms with E-state index >= 15 is 0 Å². The lowest BCUT2D eigenvalue weighted by molar-refractivity contribution is -0.161. The van der Waals surface area contributed by atoms with Crippen molar-refractivity contribution in [2.75, 3.05) is 33.0 Å². The molecule has 3 saturated heterocycles. The van der Waals surface area contributed by atoms with Gasteiger partial charge in [0.1, 0.15) is 6.10 Å². The first-order chi connectivity index (χ1) is 10.8. The summed E-state index contributed by atoms with van der Waals surface area (Å²) in [4.78, 5) is 14.6. The monoisotopic (exact) mass is 313 g/mol. The van der Waals surface area contributed by atoms with Gasteiger partial charge in [-0.1, -0.05) is 0 Å². The SMILES string of the molecule is CC(OCC1CCCO1)C(=O)N1CCCCC1C1OCCO1. The fourth-order valence-corrected chi connectivity index (χ4v) is 3.44. The van der Waals surface area contributed by atoms with Crippen LogP contribution in [0.15, 0.2) is 0 Å². The Morgan fingerprint density at radius 1 is 1.14 bits per heavy atom. The Hall–Kier alpha value is -0.690. The third kappa shape index (κ3) is 3.79. The summed E-state index contributed by atoms with van der Waals surface area (Å²) in [7, 11) is 0. The molecule has 3 aliphatic heterocycles. The second-order valence-corrected chi connectivity index (χ2v) is 6.32. The first-order valence-electron chi connectivity index (χ1n) is 8.52. The van der Waals surface area contributed by atoms with Crippen molar-refractivity contribution in [2.24, 2.45) is 0 Å². The van der Waals surface area contributed by atoms with Gasteiger partial charge in [0, 0.05) is 13.2 Å². The largest absolute Gasteiger partial charge is 0.376 e. The summed E-state index contributed by atoms with van der Waals surface area (Å²) in [5, 5.41) is 0. The van der Waals surface area contributed by atoms with Crippen LogP contribution in [0.4, 0.5) is 0 Å². The third-order valence-corrected chi connectivity index (χ3v) is 4.70. The van der Waals surface area contributed by atoms with Crippen molar-refractivity contribution in [3.8, 4) is 0 Å². The van der Waals surface area contributed by atoms with Crippen LogP contribution in [0.1, 0.15) is 39.0 Å². The molecular weight excluding hydrogens is 286 g/mol. The zero-order chi connectivity index (χ0) is 15.4. The fraction of sp³-hybridized carbons (Fsp3) is 0.938. The van der Waals surface area contributed by atoms with Gasteiger partial charge in [-0.2, -0.15) is 0 Å².